The first-order valence-corrected chi connectivity index (χ1v) is 4.09. The van der Waals surface area contributed by atoms with Crippen LogP contribution in [0.25, 0.3) is 0 Å². The van der Waals surface area contributed by atoms with Crippen LogP contribution in [0.2, 0.25) is 0 Å². The predicted molar refractivity (Wildman–Crippen MR) is 51.2 cm³/mol. The summed E-state index contributed by atoms with van der Waals surface area (Å²) in [6, 6.07) is 1.94. The van der Waals surface area contributed by atoms with Crippen LogP contribution in [-0.2, 0) is 4.74 Å². The van der Waals surface area contributed by atoms with Gasteiger partial charge in [-0.2, -0.15) is 0 Å². The minimum Gasteiger partial charge on any atom is -0.458 e. The van der Waals surface area contributed by atoms with Gasteiger partial charge in [-0.05, 0) is 12.1 Å². The minimum absolute atomic E-state index is 0.119. The number of ether oxygens (including phenoxy) is 1. The first kappa shape index (κ1) is 11.2. The second-order valence-corrected chi connectivity index (χ2v) is 2.71. The van der Waals surface area contributed by atoms with Crippen LogP contribution in [-0.4, -0.2) is 12.6 Å². The molecule has 0 saturated carbocycles. The lowest BCUT2D eigenvalue weighted by atomic mass is 10.2. The zero-order valence-electron chi connectivity index (χ0n) is 7.80. The molecule has 0 aromatic heterocycles. The van der Waals surface area contributed by atoms with Crippen molar-refractivity contribution in [1.29, 1.82) is 0 Å². The molecule has 0 amide bonds. The average molecular weight is 213 g/mol. The van der Waals surface area contributed by atoms with Crippen LogP contribution < -0.4 is 5.73 Å². The number of rotatable bonds is 3. The van der Waals surface area contributed by atoms with Gasteiger partial charge in [-0.1, -0.05) is 12.7 Å². The maximum atomic E-state index is 13.2. The number of nitrogens with two attached hydrogens (primary N) is 1. The molecule has 80 valence electrons. The number of carbonyl (C=O) groups is 1. The maximum absolute atomic E-state index is 13.2. The quantitative estimate of drug-likeness (QED) is 0.474. The van der Waals surface area contributed by atoms with Gasteiger partial charge >= 0.3 is 5.97 Å². The zero-order chi connectivity index (χ0) is 11.4. The van der Waals surface area contributed by atoms with Gasteiger partial charge in [0.2, 0.25) is 0 Å². The van der Waals surface area contributed by atoms with E-state index in [0.29, 0.717) is 0 Å². The fourth-order valence-corrected chi connectivity index (χ4v) is 0.963. The van der Waals surface area contributed by atoms with Crippen LogP contribution in [0, 0.1) is 11.6 Å². The summed E-state index contributed by atoms with van der Waals surface area (Å²) in [7, 11) is 0. The lowest BCUT2D eigenvalue weighted by molar-refractivity contribution is 0.0539. The monoisotopic (exact) mass is 213 g/mol. The molecule has 0 bridgehead atoms. The highest BCUT2D eigenvalue weighted by atomic mass is 19.1. The smallest absolute Gasteiger partial charge is 0.344 e. The molecular weight excluding hydrogens is 204 g/mol. The van der Waals surface area contributed by atoms with E-state index in [9.17, 15) is 13.6 Å². The summed E-state index contributed by atoms with van der Waals surface area (Å²) in [5.74, 6) is -3.21. The van der Waals surface area contributed by atoms with Crippen molar-refractivity contribution in [3.63, 3.8) is 0 Å². The predicted octanol–water partition coefficient (Wildman–Crippen LogP) is 1.89. The van der Waals surface area contributed by atoms with Gasteiger partial charge in [0.05, 0.1) is 5.69 Å². The molecule has 15 heavy (non-hydrogen) atoms. The van der Waals surface area contributed by atoms with Crippen LogP contribution in [0.5, 0.6) is 0 Å². The van der Waals surface area contributed by atoms with E-state index in [1.807, 2.05) is 0 Å². The molecule has 5 heteroatoms. The van der Waals surface area contributed by atoms with E-state index in [0.717, 1.165) is 12.1 Å². The summed E-state index contributed by atoms with van der Waals surface area (Å²) in [5, 5.41) is 0. The van der Waals surface area contributed by atoms with E-state index >= 15 is 0 Å². The van der Waals surface area contributed by atoms with Gasteiger partial charge in [0.1, 0.15) is 18.0 Å². The molecule has 1 rings (SSSR count). The molecular formula is C10H9F2NO2. The lowest BCUT2D eigenvalue weighted by Gasteiger charge is -2.05. The van der Waals surface area contributed by atoms with Gasteiger partial charge in [-0.3, -0.25) is 0 Å². The largest absolute Gasteiger partial charge is 0.458 e. The normalized spacial score (nSPS) is 9.73. The molecule has 0 aliphatic rings. The third-order valence-corrected chi connectivity index (χ3v) is 1.66. The van der Waals surface area contributed by atoms with Crippen molar-refractivity contribution in [3.05, 3.63) is 42.0 Å². The lowest BCUT2D eigenvalue weighted by Crippen LogP contribution is -2.11. The number of halogens is 2. The Kier molecular flexibility index (Phi) is 3.38. The fraction of sp³-hybridized carbons (Fsp3) is 0.100. The first-order chi connectivity index (χ1) is 7.07. The van der Waals surface area contributed by atoms with E-state index in [1.54, 1.807) is 0 Å². The molecule has 0 spiro atoms. The second kappa shape index (κ2) is 4.54. The van der Waals surface area contributed by atoms with Gasteiger partial charge in [-0.25, -0.2) is 13.6 Å². The van der Waals surface area contributed by atoms with E-state index in [-0.39, 0.29) is 12.3 Å². The summed E-state index contributed by atoms with van der Waals surface area (Å²) in [6.45, 7) is 3.18. The molecule has 0 atom stereocenters. The van der Waals surface area contributed by atoms with Crippen molar-refractivity contribution < 1.29 is 18.3 Å². The van der Waals surface area contributed by atoms with Gasteiger partial charge in [0, 0.05) is 0 Å². The summed E-state index contributed by atoms with van der Waals surface area (Å²) in [5.41, 5.74) is 4.10. The first-order valence-electron chi connectivity index (χ1n) is 4.09. The molecule has 0 heterocycles. The minimum atomic E-state index is -1.11. The molecule has 0 unspecified atom stereocenters. The number of carbonyl (C=O) groups excluding carboxylic acids is 1. The summed E-state index contributed by atoms with van der Waals surface area (Å²) < 4.78 is 30.8. The third kappa shape index (κ3) is 2.31. The highest BCUT2D eigenvalue weighted by Crippen LogP contribution is 2.19. The topological polar surface area (TPSA) is 52.3 Å². The number of benzene rings is 1. The Bertz CT molecular complexity index is 405. The number of esters is 1. The van der Waals surface area contributed by atoms with Crippen LogP contribution >= 0.6 is 0 Å². The molecule has 1 aromatic carbocycles. The van der Waals surface area contributed by atoms with Crippen LogP contribution in [0.3, 0.4) is 0 Å². The van der Waals surface area contributed by atoms with Gasteiger partial charge in [-0.15, -0.1) is 0 Å². The molecule has 0 aliphatic heterocycles. The second-order valence-electron chi connectivity index (χ2n) is 2.71. The Morgan fingerprint density at radius 3 is 2.80 bits per heavy atom. The number of hydrogen-bond acceptors (Lipinski definition) is 3. The highest BCUT2D eigenvalue weighted by molar-refractivity contribution is 5.91. The molecule has 0 saturated heterocycles. The SMILES string of the molecule is C=CCOC(=O)c1c(F)ccc(N)c1F. The van der Waals surface area contributed by atoms with Crippen molar-refractivity contribution in [2.75, 3.05) is 12.3 Å². The Morgan fingerprint density at radius 2 is 2.20 bits per heavy atom. The van der Waals surface area contributed by atoms with E-state index in [2.05, 4.69) is 11.3 Å². The van der Waals surface area contributed by atoms with Gasteiger partial charge < -0.3 is 10.5 Å². The van der Waals surface area contributed by atoms with E-state index in [1.165, 1.54) is 6.08 Å². The van der Waals surface area contributed by atoms with Gasteiger partial charge in [0.15, 0.2) is 5.82 Å². The fourth-order valence-electron chi connectivity index (χ4n) is 0.963. The molecule has 1 aromatic rings. The average Bonchev–Trinajstić information content (AvgIpc) is 2.21. The Morgan fingerprint density at radius 1 is 1.53 bits per heavy atom. The Hall–Kier alpha value is -1.91. The summed E-state index contributed by atoms with van der Waals surface area (Å²) in [6.07, 6.45) is 1.29. The number of anilines is 1. The number of nitrogen functional groups attached to an aromatic ring is 1. The molecule has 0 radical (unpaired) electrons. The standard InChI is InChI=1S/C10H9F2NO2/c1-2-5-15-10(14)8-6(11)3-4-7(13)9(8)12/h2-4H,1,5,13H2. The van der Waals surface area contributed by atoms with E-state index in [4.69, 9.17) is 5.73 Å². The van der Waals surface area contributed by atoms with Crippen molar-refractivity contribution in [2.45, 2.75) is 0 Å². The Balaban J connectivity index is 3.07. The van der Waals surface area contributed by atoms with Crippen molar-refractivity contribution in [3.8, 4) is 0 Å². The summed E-state index contributed by atoms with van der Waals surface area (Å²) in [4.78, 5) is 11.2. The van der Waals surface area contributed by atoms with Crippen LogP contribution in [0.15, 0.2) is 24.8 Å². The van der Waals surface area contributed by atoms with E-state index < -0.39 is 23.2 Å². The highest BCUT2D eigenvalue weighted by Gasteiger charge is 2.20. The zero-order valence-corrected chi connectivity index (χ0v) is 7.80. The maximum Gasteiger partial charge on any atom is 0.344 e. The molecule has 2 N–H and O–H groups in total. The molecule has 0 aliphatic carbocycles. The van der Waals surface area contributed by atoms with Crippen LogP contribution in [0.4, 0.5) is 14.5 Å². The Labute approximate surface area is 85.1 Å². The van der Waals surface area contributed by atoms with Crippen molar-refractivity contribution in [2.24, 2.45) is 0 Å². The molecule has 0 fully saturated rings. The summed E-state index contributed by atoms with van der Waals surface area (Å²) >= 11 is 0. The van der Waals surface area contributed by atoms with Gasteiger partial charge in [0.25, 0.3) is 0 Å². The third-order valence-electron chi connectivity index (χ3n) is 1.66. The number of hydrogen-bond donors (Lipinski definition) is 1. The van der Waals surface area contributed by atoms with Crippen molar-refractivity contribution in [1.82, 2.24) is 0 Å². The van der Waals surface area contributed by atoms with Crippen molar-refractivity contribution >= 4 is 11.7 Å². The van der Waals surface area contributed by atoms with Crippen LogP contribution in [0.1, 0.15) is 10.4 Å². The molecule has 3 nitrogen and oxygen atoms in total.